The second-order valence-corrected chi connectivity index (χ2v) is 6.76. The monoisotopic (exact) mass is 366 g/mol. The minimum absolute atomic E-state index is 0.147. The molecule has 4 rings (SSSR count). The molecule has 27 heavy (non-hydrogen) atoms. The number of para-hydroxylation sites is 1. The molecule has 0 aliphatic carbocycles. The number of hydrogen-bond donors (Lipinski definition) is 0. The molecule has 138 valence electrons. The molecule has 1 aliphatic rings. The van der Waals surface area contributed by atoms with E-state index >= 15 is 0 Å². The highest BCUT2D eigenvalue weighted by Crippen LogP contribution is 2.33. The Bertz CT molecular complexity index is 985. The third-order valence-corrected chi connectivity index (χ3v) is 4.68. The molecule has 2 aromatic carbocycles. The number of amides is 1. The van der Waals surface area contributed by atoms with Crippen LogP contribution >= 0.6 is 0 Å². The molecule has 0 bridgehead atoms. The molecule has 3 aromatic rings. The molecule has 1 fully saturated rings. The lowest BCUT2D eigenvalue weighted by Gasteiger charge is -2.16. The Morgan fingerprint density at radius 2 is 2.00 bits per heavy atom. The summed E-state index contributed by atoms with van der Waals surface area (Å²) < 4.78 is 19.4. The molecule has 0 spiro atoms. The maximum Gasteiger partial charge on any atom is 0.258 e. The molecule has 7 heteroatoms. The van der Waals surface area contributed by atoms with Gasteiger partial charge in [-0.3, -0.25) is 4.79 Å². The number of rotatable bonds is 4. The number of carbonyl (C=O) groups is 1. The van der Waals surface area contributed by atoms with E-state index in [9.17, 15) is 9.18 Å². The Morgan fingerprint density at radius 3 is 2.78 bits per heavy atom. The largest absolute Gasteiger partial charge is 0.378 e. The van der Waals surface area contributed by atoms with Gasteiger partial charge in [0.15, 0.2) is 5.82 Å². The number of hydrogen-bond acceptors (Lipinski definition) is 5. The minimum Gasteiger partial charge on any atom is -0.378 e. The van der Waals surface area contributed by atoms with Crippen molar-refractivity contribution >= 4 is 17.3 Å². The number of halogens is 1. The standard InChI is InChI=1S/C20H19FN4O2/c1-24(2)15-7-5-6-13(10-15)20-22-19(23-27-20)14-11-18(26)25(12-14)17-9-4-3-8-16(17)21/h3-10,14H,11-12H2,1-2H3. The summed E-state index contributed by atoms with van der Waals surface area (Å²) >= 11 is 0. The Morgan fingerprint density at radius 1 is 1.19 bits per heavy atom. The van der Waals surface area contributed by atoms with Gasteiger partial charge in [0.25, 0.3) is 5.89 Å². The van der Waals surface area contributed by atoms with Crippen molar-refractivity contribution in [1.82, 2.24) is 10.1 Å². The third-order valence-electron chi connectivity index (χ3n) is 4.68. The zero-order valence-electron chi connectivity index (χ0n) is 15.1. The minimum atomic E-state index is -0.416. The van der Waals surface area contributed by atoms with Crippen LogP contribution in [-0.2, 0) is 4.79 Å². The molecular formula is C20H19FN4O2. The average molecular weight is 366 g/mol. The van der Waals surface area contributed by atoms with Gasteiger partial charge in [-0.2, -0.15) is 4.98 Å². The van der Waals surface area contributed by atoms with E-state index in [0.29, 0.717) is 18.3 Å². The van der Waals surface area contributed by atoms with Gasteiger partial charge in [-0.1, -0.05) is 23.4 Å². The van der Waals surface area contributed by atoms with E-state index in [0.717, 1.165) is 11.3 Å². The first kappa shape index (κ1) is 17.2. The normalized spacial score (nSPS) is 16.8. The fraction of sp³-hybridized carbons (Fsp3) is 0.250. The van der Waals surface area contributed by atoms with Crippen LogP contribution in [0.1, 0.15) is 18.2 Å². The van der Waals surface area contributed by atoms with Crippen LogP contribution in [-0.4, -0.2) is 36.7 Å². The van der Waals surface area contributed by atoms with Crippen molar-refractivity contribution in [1.29, 1.82) is 0 Å². The summed E-state index contributed by atoms with van der Waals surface area (Å²) in [6.07, 6.45) is 0.227. The Hall–Kier alpha value is -3.22. The van der Waals surface area contributed by atoms with Gasteiger partial charge < -0.3 is 14.3 Å². The first-order chi connectivity index (χ1) is 13.0. The van der Waals surface area contributed by atoms with E-state index in [-0.39, 0.29) is 23.9 Å². The van der Waals surface area contributed by atoms with Crippen molar-refractivity contribution in [2.75, 3.05) is 30.4 Å². The van der Waals surface area contributed by atoms with Crippen molar-refractivity contribution in [3.8, 4) is 11.5 Å². The maximum atomic E-state index is 14.0. The van der Waals surface area contributed by atoms with E-state index in [4.69, 9.17) is 4.52 Å². The molecule has 2 heterocycles. The maximum absolute atomic E-state index is 14.0. The highest BCUT2D eigenvalue weighted by atomic mass is 19.1. The van der Waals surface area contributed by atoms with Crippen LogP contribution in [0.4, 0.5) is 15.8 Å². The zero-order valence-corrected chi connectivity index (χ0v) is 15.1. The Labute approximate surface area is 156 Å². The van der Waals surface area contributed by atoms with Gasteiger partial charge in [0.1, 0.15) is 5.82 Å². The summed E-state index contributed by atoms with van der Waals surface area (Å²) in [5.74, 6) is 0.0800. The summed E-state index contributed by atoms with van der Waals surface area (Å²) in [6.45, 7) is 0.330. The summed E-state index contributed by atoms with van der Waals surface area (Å²) in [6, 6.07) is 14.0. The molecule has 1 aliphatic heterocycles. The molecule has 1 unspecified atom stereocenters. The number of aromatic nitrogens is 2. The lowest BCUT2D eigenvalue weighted by molar-refractivity contribution is -0.117. The van der Waals surface area contributed by atoms with Crippen molar-refractivity contribution < 1.29 is 13.7 Å². The predicted molar refractivity (Wildman–Crippen MR) is 100 cm³/mol. The number of nitrogens with zero attached hydrogens (tertiary/aromatic N) is 4. The first-order valence-electron chi connectivity index (χ1n) is 8.69. The summed E-state index contributed by atoms with van der Waals surface area (Å²) in [7, 11) is 3.92. The van der Waals surface area contributed by atoms with E-state index in [1.807, 2.05) is 43.3 Å². The second-order valence-electron chi connectivity index (χ2n) is 6.76. The molecule has 1 saturated heterocycles. The molecule has 6 nitrogen and oxygen atoms in total. The lowest BCUT2D eigenvalue weighted by Crippen LogP contribution is -2.25. The average Bonchev–Trinajstić information content (AvgIpc) is 3.29. The molecule has 0 N–H and O–H groups in total. The van der Waals surface area contributed by atoms with Crippen LogP contribution in [0.2, 0.25) is 0 Å². The molecule has 0 radical (unpaired) electrons. The Balaban J connectivity index is 1.57. The van der Waals surface area contributed by atoms with Gasteiger partial charge in [0.05, 0.1) is 5.69 Å². The van der Waals surface area contributed by atoms with Gasteiger partial charge >= 0.3 is 0 Å². The van der Waals surface area contributed by atoms with Crippen molar-refractivity contribution in [2.24, 2.45) is 0 Å². The van der Waals surface area contributed by atoms with Gasteiger partial charge in [-0.25, -0.2) is 4.39 Å². The Kier molecular flexibility index (Phi) is 4.35. The molecular weight excluding hydrogens is 347 g/mol. The van der Waals surface area contributed by atoms with Crippen molar-refractivity contribution in [3.05, 3.63) is 60.2 Å². The first-order valence-corrected chi connectivity index (χ1v) is 8.69. The van der Waals surface area contributed by atoms with E-state index in [1.54, 1.807) is 18.2 Å². The van der Waals surface area contributed by atoms with Crippen LogP contribution < -0.4 is 9.80 Å². The van der Waals surface area contributed by atoms with Crippen LogP contribution in [0.3, 0.4) is 0 Å². The predicted octanol–water partition coefficient (Wildman–Crippen LogP) is 3.46. The quantitative estimate of drug-likeness (QED) is 0.708. The van der Waals surface area contributed by atoms with Crippen molar-refractivity contribution in [3.63, 3.8) is 0 Å². The fourth-order valence-corrected chi connectivity index (χ4v) is 3.22. The van der Waals surface area contributed by atoms with E-state index in [2.05, 4.69) is 10.1 Å². The number of anilines is 2. The van der Waals surface area contributed by atoms with Gasteiger partial charge in [-0.15, -0.1) is 0 Å². The molecule has 0 saturated carbocycles. The summed E-state index contributed by atoms with van der Waals surface area (Å²) in [4.78, 5) is 20.3. The zero-order chi connectivity index (χ0) is 19.0. The second kappa shape index (κ2) is 6.83. The fourth-order valence-electron chi connectivity index (χ4n) is 3.22. The smallest absolute Gasteiger partial charge is 0.258 e. The topological polar surface area (TPSA) is 62.5 Å². The van der Waals surface area contributed by atoms with Gasteiger partial charge in [-0.05, 0) is 30.3 Å². The third kappa shape index (κ3) is 3.28. The van der Waals surface area contributed by atoms with Gasteiger partial charge in [0, 0.05) is 44.2 Å². The molecule has 1 atom stereocenters. The summed E-state index contributed by atoms with van der Waals surface area (Å²) in [5.41, 5.74) is 2.12. The van der Waals surface area contributed by atoms with E-state index in [1.165, 1.54) is 11.0 Å². The van der Waals surface area contributed by atoms with E-state index < -0.39 is 5.82 Å². The van der Waals surface area contributed by atoms with Crippen LogP contribution in [0.5, 0.6) is 0 Å². The highest BCUT2D eigenvalue weighted by molar-refractivity contribution is 5.96. The van der Waals surface area contributed by atoms with Crippen LogP contribution in [0.25, 0.3) is 11.5 Å². The number of benzene rings is 2. The molecule has 1 amide bonds. The van der Waals surface area contributed by atoms with Crippen LogP contribution in [0, 0.1) is 5.82 Å². The number of carbonyl (C=O) groups excluding carboxylic acids is 1. The van der Waals surface area contributed by atoms with Gasteiger partial charge in [0.2, 0.25) is 5.91 Å². The lowest BCUT2D eigenvalue weighted by atomic mass is 10.1. The molecule has 1 aromatic heterocycles. The van der Waals surface area contributed by atoms with Crippen molar-refractivity contribution in [2.45, 2.75) is 12.3 Å². The van der Waals surface area contributed by atoms with Crippen LogP contribution in [0.15, 0.2) is 53.1 Å². The SMILES string of the molecule is CN(C)c1cccc(-c2nc(C3CC(=O)N(c4ccccc4F)C3)no2)c1. The highest BCUT2D eigenvalue weighted by Gasteiger charge is 2.35. The summed E-state index contributed by atoms with van der Waals surface area (Å²) in [5, 5.41) is 4.06.